The molecule has 3 heterocycles. The quantitative estimate of drug-likeness (QED) is 0.237. The van der Waals surface area contributed by atoms with Crippen LogP contribution in [0.1, 0.15) is 0 Å². The van der Waals surface area contributed by atoms with Gasteiger partial charge in [-0.1, -0.05) is 29.8 Å². The van der Waals surface area contributed by atoms with Crippen molar-refractivity contribution in [2.75, 3.05) is 4.72 Å². The van der Waals surface area contributed by atoms with Crippen molar-refractivity contribution in [3.63, 3.8) is 0 Å². The zero-order valence-electron chi connectivity index (χ0n) is 18.6. The van der Waals surface area contributed by atoms with Gasteiger partial charge in [-0.3, -0.25) is 14.7 Å². The summed E-state index contributed by atoms with van der Waals surface area (Å²) in [4.78, 5) is 11.7. The highest BCUT2D eigenvalue weighted by atomic mass is 35.5. The van der Waals surface area contributed by atoms with Crippen molar-refractivity contribution in [3.8, 4) is 33.9 Å². The lowest BCUT2D eigenvalue weighted by molar-refractivity contribution is 0.473. The molecule has 0 aliphatic heterocycles. The molecule has 0 spiro atoms. The van der Waals surface area contributed by atoms with E-state index in [4.69, 9.17) is 16.3 Å². The molecule has 0 radical (unpaired) electrons. The number of nitrogens with zero attached hydrogens (tertiary/aromatic N) is 3. The lowest BCUT2D eigenvalue weighted by Crippen LogP contribution is -2.15. The van der Waals surface area contributed by atoms with Crippen LogP contribution in [0.2, 0.25) is 5.02 Å². The first-order chi connectivity index (χ1) is 17.8. The fourth-order valence-corrected chi connectivity index (χ4v) is 5.36. The lowest BCUT2D eigenvalue weighted by Gasteiger charge is -2.15. The minimum atomic E-state index is -4.29. The summed E-state index contributed by atoms with van der Waals surface area (Å²) >= 11 is 7.49. The van der Waals surface area contributed by atoms with Gasteiger partial charge in [0, 0.05) is 40.5 Å². The Bertz CT molecular complexity index is 1690. The highest BCUT2D eigenvalue weighted by Gasteiger charge is 2.23. The van der Waals surface area contributed by atoms with Gasteiger partial charge < -0.3 is 4.74 Å². The van der Waals surface area contributed by atoms with Crippen LogP contribution in [-0.4, -0.2) is 23.4 Å². The van der Waals surface area contributed by atoms with Gasteiger partial charge in [0.25, 0.3) is 10.0 Å². The smallest absolute Gasteiger partial charge is 0.266 e. The van der Waals surface area contributed by atoms with Crippen molar-refractivity contribution >= 4 is 38.8 Å². The molecule has 1 N–H and O–H groups in total. The summed E-state index contributed by atoms with van der Waals surface area (Å²) in [5.74, 6) is -1.35. The summed E-state index contributed by atoms with van der Waals surface area (Å²) in [5, 5.41) is 1.32. The number of hydrogen-bond acceptors (Lipinski definition) is 7. The van der Waals surface area contributed by atoms with E-state index in [2.05, 4.69) is 19.7 Å². The third-order valence-corrected chi connectivity index (χ3v) is 7.38. The lowest BCUT2D eigenvalue weighted by atomic mass is 10.0. The monoisotopic (exact) mass is 556 g/mol. The fourth-order valence-electron chi connectivity index (χ4n) is 3.45. The number of anilines is 1. The number of nitrogens with one attached hydrogen (secondary N) is 1. The van der Waals surface area contributed by atoms with E-state index in [-0.39, 0.29) is 22.3 Å². The molecule has 0 aliphatic rings. The van der Waals surface area contributed by atoms with Gasteiger partial charge in [-0.2, -0.15) is 0 Å². The molecule has 0 amide bonds. The molecule has 0 aliphatic carbocycles. The second-order valence-corrected chi connectivity index (χ2v) is 10.4. The Morgan fingerprint density at radius 3 is 2.51 bits per heavy atom. The predicted octanol–water partition coefficient (Wildman–Crippen LogP) is 6.79. The minimum absolute atomic E-state index is 0.0615. The molecule has 0 bridgehead atoms. The maximum atomic E-state index is 15.0. The Labute approximate surface area is 219 Å². The molecule has 37 heavy (non-hydrogen) atoms. The minimum Gasteiger partial charge on any atom is -0.453 e. The second kappa shape index (κ2) is 10.2. The first kappa shape index (κ1) is 24.8. The molecule has 0 fully saturated rings. The number of ether oxygens (including phenoxy) is 1. The standard InChI is InChI=1S/C25H15ClF2N4O3S2/c26-19-9-24(37(33,34)32-25-13-36-14-31-25)20(28)10-22(19)35-23-12-30-21(15-3-1-5-17(27)7-15)8-18(23)16-4-2-6-29-11-16/h1-14,32H. The maximum absolute atomic E-state index is 15.0. The van der Waals surface area contributed by atoms with Crippen LogP contribution >= 0.6 is 22.9 Å². The predicted molar refractivity (Wildman–Crippen MR) is 137 cm³/mol. The van der Waals surface area contributed by atoms with Crippen LogP contribution in [-0.2, 0) is 10.0 Å². The Kier molecular flexibility index (Phi) is 6.83. The molecule has 2 aromatic carbocycles. The van der Waals surface area contributed by atoms with Gasteiger partial charge in [0.05, 0.1) is 22.4 Å². The first-order valence-corrected chi connectivity index (χ1v) is 13.3. The number of thiazole rings is 1. The largest absolute Gasteiger partial charge is 0.453 e. The van der Waals surface area contributed by atoms with E-state index in [9.17, 15) is 17.2 Å². The van der Waals surface area contributed by atoms with Crippen molar-refractivity contribution in [1.29, 1.82) is 0 Å². The zero-order chi connectivity index (χ0) is 26.0. The van der Waals surface area contributed by atoms with Gasteiger partial charge >= 0.3 is 0 Å². The number of aromatic nitrogens is 3. The van der Waals surface area contributed by atoms with E-state index in [1.165, 1.54) is 40.6 Å². The summed E-state index contributed by atoms with van der Waals surface area (Å²) in [6.07, 6.45) is 4.59. The summed E-state index contributed by atoms with van der Waals surface area (Å²) in [6.45, 7) is 0. The summed E-state index contributed by atoms with van der Waals surface area (Å²) < 4.78 is 62.1. The third-order valence-electron chi connectivity index (χ3n) is 5.13. The average molecular weight is 557 g/mol. The average Bonchev–Trinajstić information content (AvgIpc) is 3.39. The summed E-state index contributed by atoms with van der Waals surface area (Å²) in [6, 6.07) is 13.0. The number of pyridine rings is 2. The van der Waals surface area contributed by atoms with Crippen molar-refractivity contribution in [2.24, 2.45) is 0 Å². The van der Waals surface area contributed by atoms with Gasteiger partial charge in [-0.05, 0) is 30.3 Å². The van der Waals surface area contributed by atoms with E-state index in [1.54, 1.807) is 42.7 Å². The van der Waals surface area contributed by atoms with Crippen LogP contribution in [0.15, 0.2) is 89.0 Å². The van der Waals surface area contributed by atoms with Crippen LogP contribution in [0.4, 0.5) is 14.6 Å². The number of hydrogen-bond donors (Lipinski definition) is 1. The molecule has 0 unspecified atom stereocenters. The number of halogens is 3. The second-order valence-electron chi connectivity index (χ2n) is 7.61. The number of benzene rings is 2. The molecule has 7 nitrogen and oxygen atoms in total. The van der Waals surface area contributed by atoms with Crippen LogP contribution < -0.4 is 9.46 Å². The topological polar surface area (TPSA) is 94.1 Å². The van der Waals surface area contributed by atoms with Crippen LogP contribution in [0, 0.1) is 11.6 Å². The van der Waals surface area contributed by atoms with E-state index in [0.29, 0.717) is 22.4 Å². The molecule has 0 saturated carbocycles. The molecule has 5 rings (SSSR count). The maximum Gasteiger partial charge on any atom is 0.266 e. The third kappa shape index (κ3) is 5.43. The van der Waals surface area contributed by atoms with E-state index >= 15 is 0 Å². The highest BCUT2D eigenvalue weighted by Crippen LogP contribution is 2.39. The molecular formula is C25H15ClF2N4O3S2. The number of sulfonamides is 1. The van der Waals surface area contributed by atoms with Crippen LogP contribution in [0.25, 0.3) is 22.4 Å². The van der Waals surface area contributed by atoms with Crippen molar-refractivity contribution < 1.29 is 21.9 Å². The molecule has 186 valence electrons. The molecule has 0 atom stereocenters. The zero-order valence-corrected chi connectivity index (χ0v) is 21.0. The Hall–Kier alpha value is -3.93. The van der Waals surface area contributed by atoms with Gasteiger partial charge in [-0.25, -0.2) is 22.2 Å². The Balaban J connectivity index is 1.53. The SMILES string of the molecule is O=S(=O)(Nc1cscn1)c1cc(Cl)c(Oc2cnc(-c3cccc(F)c3)cc2-c2cccnc2)cc1F. The number of rotatable bonds is 7. The van der Waals surface area contributed by atoms with Crippen molar-refractivity contribution in [2.45, 2.75) is 4.90 Å². The van der Waals surface area contributed by atoms with Crippen molar-refractivity contribution in [3.05, 3.63) is 101 Å². The molecule has 5 aromatic rings. The normalized spacial score (nSPS) is 11.3. The molecule has 12 heteroatoms. The Morgan fingerprint density at radius 1 is 0.946 bits per heavy atom. The van der Waals surface area contributed by atoms with E-state index < -0.39 is 26.6 Å². The van der Waals surface area contributed by atoms with Crippen LogP contribution in [0.3, 0.4) is 0 Å². The van der Waals surface area contributed by atoms with Gasteiger partial charge in [0.15, 0.2) is 11.6 Å². The van der Waals surface area contributed by atoms with Crippen molar-refractivity contribution in [1.82, 2.24) is 15.0 Å². The van der Waals surface area contributed by atoms with Gasteiger partial charge in [0.1, 0.15) is 22.3 Å². The highest BCUT2D eigenvalue weighted by molar-refractivity contribution is 7.92. The van der Waals surface area contributed by atoms with Crippen LogP contribution in [0.5, 0.6) is 11.5 Å². The summed E-state index contributed by atoms with van der Waals surface area (Å²) in [7, 11) is -4.29. The van der Waals surface area contributed by atoms with E-state index in [1.807, 2.05) is 0 Å². The Morgan fingerprint density at radius 2 is 1.78 bits per heavy atom. The van der Waals surface area contributed by atoms with Gasteiger partial charge in [-0.15, -0.1) is 11.3 Å². The fraction of sp³-hybridized carbons (Fsp3) is 0. The molecular weight excluding hydrogens is 542 g/mol. The molecule has 0 saturated heterocycles. The first-order valence-electron chi connectivity index (χ1n) is 10.5. The van der Waals surface area contributed by atoms with Gasteiger partial charge in [0.2, 0.25) is 0 Å². The van der Waals surface area contributed by atoms with E-state index in [0.717, 1.165) is 12.1 Å². The summed E-state index contributed by atoms with van der Waals surface area (Å²) in [5.41, 5.74) is 3.63. The molecule has 3 aromatic heterocycles.